The standard InChI is InChI=1S/C5H9NO4/c7-2-6-3-1-4(8)10-5(3)9/h2-5,8-9H,1H2,(H,6,7). The van der Waals surface area contributed by atoms with Gasteiger partial charge in [0.15, 0.2) is 12.6 Å². The monoisotopic (exact) mass is 147 g/mol. The van der Waals surface area contributed by atoms with Crippen molar-refractivity contribution < 1.29 is 19.7 Å². The van der Waals surface area contributed by atoms with Crippen molar-refractivity contribution in [3.63, 3.8) is 0 Å². The third kappa shape index (κ3) is 1.44. The normalized spacial score (nSPS) is 39.6. The Morgan fingerprint density at radius 2 is 2.30 bits per heavy atom. The zero-order valence-corrected chi connectivity index (χ0v) is 5.23. The van der Waals surface area contributed by atoms with Crippen LogP contribution in [0.5, 0.6) is 0 Å². The molecule has 1 rings (SSSR count). The average molecular weight is 147 g/mol. The van der Waals surface area contributed by atoms with Crippen LogP contribution < -0.4 is 5.32 Å². The van der Waals surface area contributed by atoms with E-state index in [0.717, 1.165) is 0 Å². The highest BCUT2D eigenvalue weighted by molar-refractivity contribution is 5.46. The van der Waals surface area contributed by atoms with Gasteiger partial charge in [-0.2, -0.15) is 0 Å². The SMILES string of the molecule is O=CNC1CC(O)OC1O. The van der Waals surface area contributed by atoms with Crippen LogP contribution in [0.4, 0.5) is 0 Å². The van der Waals surface area contributed by atoms with E-state index < -0.39 is 18.6 Å². The maximum Gasteiger partial charge on any atom is 0.207 e. The van der Waals surface area contributed by atoms with E-state index in [-0.39, 0.29) is 6.42 Å². The van der Waals surface area contributed by atoms with Crippen LogP contribution in [0.15, 0.2) is 0 Å². The summed E-state index contributed by atoms with van der Waals surface area (Å²) in [5.41, 5.74) is 0. The molecule has 0 spiro atoms. The molecule has 3 unspecified atom stereocenters. The number of amides is 1. The van der Waals surface area contributed by atoms with Crippen LogP contribution >= 0.6 is 0 Å². The van der Waals surface area contributed by atoms with E-state index in [1.165, 1.54) is 0 Å². The van der Waals surface area contributed by atoms with Crippen LogP contribution in [0.3, 0.4) is 0 Å². The Balaban J connectivity index is 2.38. The van der Waals surface area contributed by atoms with Gasteiger partial charge in [0.1, 0.15) is 0 Å². The number of carbonyl (C=O) groups excluding carboxylic acids is 1. The first-order valence-corrected chi connectivity index (χ1v) is 2.95. The summed E-state index contributed by atoms with van der Waals surface area (Å²) in [6.07, 6.45) is -1.34. The van der Waals surface area contributed by atoms with Crippen molar-refractivity contribution in [3.05, 3.63) is 0 Å². The van der Waals surface area contributed by atoms with Crippen LogP contribution in [0.2, 0.25) is 0 Å². The predicted molar refractivity (Wildman–Crippen MR) is 30.7 cm³/mol. The second-order valence-electron chi connectivity index (χ2n) is 2.11. The number of carbonyl (C=O) groups is 1. The van der Waals surface area contributed by atoms with E-state index in [1.807, 2.05) is 0 Å². The number of aliphatic hydroxyl groups is 2. The zero-order valence-electron chi connectivity index (χ0n) is 5.23. The second-order valence-corrected chi connectivity index (χ2v) is 2.11. The number of hydrogen-bond acceptors (Lipinski definition) is 4. The summed E-state index contributed by atoms with van der Waals surface area (Å²) >= 11 is 0. The number of hydrogen-bond donors (Lipinski definition) is 3. The zero-order chi connectivity index (χ0) is 7.56. The summed E-state index contributed by atoms with van der Waals surface area (Å²) in [5, 5.41) is 20.0. The molecule has 1 saturated heterocycles. The van der Waals surface area contributed by atoms with Crippen LogP contribution in [-0.4, -0.2) is 35.2 Å². The van der Waals surface area contributed by atoms with Crippen LogP contribution in [0.1, 0.15) is 6.42 Å². The van der Waals surface area contributed by atoms with Gasteiger partial charge in [0.2, 0.25) is 6.41 Å². The Kier molecular flexibility index (Phi) is 2.21. The van der Waals surface area contributed by atoms with E-state index in [9.17, 15) is 4.79 Å². The lowest BCUT2D eigenvalue weighted by atomic mass is 10.2. The second kappa shape index (κ2) is 2.96. The molecule has 1 aliphatic rings. The highest BCUT2D eigenvalue weighted by atomic mass is 16.7. The van der Waals surface area contributed by atoms with E-state index in [1.54, 1.807) is 0 Å². The maximum atomic E-state index is 9.85. The number of ether oxygens (including phenoxy) is 1. The van der Waals surface area contributed by atoms with Crippen molar-refractivity contribution in [1.29, 1.82) is 0 Å². The Morgan fingerprint density at radius 1 is 1.60 bits per heavy atom. The molecule has 58 valence electrons. The predicted octanol–water partition coefficient (Wildman–Crippen LogP) is -1.84. The highest BCUT2D eigenvalue weighted by Gasteiger charge is 2.31. The first-order chi connectivity index (χ1) is 4.74. The smallest absolute Gasteiger partial charge is 0.207 e. The van der Waals surface area contributed by atoms with Gasteiger partial charge in [-0.3, -0.25) is 4.79 Å². The largest absolute Gasteiger partial charge is 0.368 e. The van der Waals surface area contributed by atoms with Crippen molar-refractivity contribution in [3.8, 4) is 0 Å². The lowest BCUT2D eigenvalue weighted by Crippen LogP contribution is -2.35. The van der Waals surface area contributed by atoms with Crippen LogP contribution in [0.25, 0.3) is 0 Å². The van der Waals surface area contributed by atoms with Crippen molar-refractivity contribution >= 4 is 6.41 Å². The highest BCUT2D eigenvalue weighted by Crippen LogP contribution is 2.15. The van der Waals surface area contributed by atoms with Gasteiger partial charge in [-0.05, 0) is 0 Å². The first kappa shape index (κ1) is 7.46. The molecule has 0 aromatic carbocycles. The molecule has 0 aliphatic carbocycles. The molecule has 3 N–H and O–H groups in total. The molecule has 5 heteroatoms. The van der Waals surface area contributed by atoms with E-state index in [2.05, 4.69) is 10.1 Å². The lowest BCUT2D eigenvalue weighted by Gasteiger charge is -2.09. The Hall–Kier alpha value is -0.650. The van der Waals surface area contributed by atoms with Crippen molar-refractivity contribution in [1.82, 2.24) is 5.32 Å². The quantitative estimate of drug-likeness (QED) is 0.401. The van der Waals surface area contributed by atoms with E-state index in [4.69, 9.17) is 10.2 Å². The molecule has 1 heterocycles. The van der Waals surface area contributed by atoms with Gasteiger partial charge in [0.25, 0.3) is 0 Å². The Labute approximate surface area is 57.6 Å². The first-order valence-electron chi connectivity index (χ1n) is 2.95. The minimum atomic E-state index is -1.08. The molecule has 0 aromatic rings. The third-order valence-electron chi connectivity index (χ3n) is 1.38. The van der Waals surface area contributed by atoms with E-state index in [0.29, 0.717) is 6.41 Å². The van der Waals surface area contributed by atoms with Crippen molar-refractivity contribution in [2.75, 3.05) is 0 Å². The third-order valence-corrected chi connectivity index (χ3v) is 1.38. The molecule has 3 atom stereocenters. The fraction of sp³-hybridized carbons (Fsp3) is 0.800. The summed E-state index contributed by atoms with van der Waals surface area (Å²) in [5.74, 6) is 0. The molecule has 10 heavy (non-hydrogen) atoms. The van der Waals surface area contributed by atoms with Gasteiger partial charge < -0.3 is 20.3 Å². The summed E-state index contributed by atoms with van der Waals surface area (Å²) in [7, 11) is 0. The summed E-state index contributed by atoms with van der Waals surface area (Å²) in [4.78, 5) is 9.85. The van der Waals surface area contributed by atoms with Gasteiger partial charge in [-0.1, -0.05) is 0 Å². The number of aliphatic hydroxyl groups excluding tert-OH is 2. The molecular formula is C5H9NO4. The van der Waals surface area contributed by atoms with Crippen molar-refractivity contribution in [2.45, 2.75) is 25.0 Å². The lowest BCUT2D eigenvalue weighted by molar-refractivity contribution is -0.164. The number of nitrogens with one attached hydrogen (secondary N) is 1. The van der Waals surface area contributed by atoms with Gasteiger partial charge in [0.05, 0.1) is 6.04 Å². The Bertz CT molecular complexity index is 129. The topological polar surface area (TPSA) is 78.8 Å². The molecule has 1 amide bonds. The van der Waals surface area contributed by atoms with Crippen molar-refractivity contribution in [2.24, 2.45) is 0 Å². The minimum Gasteiger partial charge on any atom is -0.368 e. The molecule has 0 saturated carbocycles. The minimum absolute atomic E-state index is 0.236. The van der Waals surface area contributed by atoms with Gasteiger partial charge in [0, 0.05) is 6.42 Å². The summed E-state index contributed by atoms with van der Waals surface area (Å²) < 4.78 is 4.52. The van der Waals surface area contributed by atoms with E-state index >= 15 is 0 Å². The molecular weight excluding hydrogens is 138 g/mol. The molecule has 0 radical (unpaired) electrons. The maximum absolute atomic E-state index is 9.85. The molecule has 0 aromatic heterocycles. The fourth-order valence-corrected chi connectivity index (χ4v) is 0.883. The van der Waals surface area contributed by atoms with Gasteiger partial charge in [-0.25, -0.2) is 0 Å². The molecule has 1 fully saturated rings. The van der Waals surface area contributed by atoms with Crippen LogP contribution in [-0.2, 0) is 9.53 Å². The number of rotatable bonds is 2. The van der Waals surface area contributed by atoms with Crippen LogP contribution in [0, 0.1) is 0 Å². The van der Waals surface area contributed by atoms with Gasteiger partial charge >= 0.3 is 0 Å². The average Bonchev–Trinajstić information content (AvgIpc) is 2.13. The Morgan fingerprint density at radius 3 is 2.70 bits per heavy atom. The van der Waals surface area contributed by atoms with Gasteiger partial charge in [-0.15, -0.1) is 0 Å². The summed E-state index contributed by atoms with van der Waals surface area (Å²) in [6.45, 7) is 0. The fourth-order valence-electron chi connectivity index (χ4n) is 0.883. The molecule has 1 aliphatic heterocycles. The molecule has 0 bridgehead atoms. The molecule has 5 nitrogen and oxygen atoms in total. The summed E-state index contributed by atoms with van der Waals surface area (Å²) in [6, 6.07) is -0.479.